The number of rotatable bonds is 11. The monoisotopic (exact) mass is 553 g/mol. The Hall–Kier alpha value is -3.49. The molecule has 17 heteroatoms. The van der Waals surface area contributed by atoms with E-state index in [1.807, 2.05) is 0 Å². The third kappa shape index (κ3) is 6.31. The van der Waals surface area contributed by atoms with Crippen LogP contribution in [0.5, 0.6) is 5.75 Å². The molecule has 1 aromatic heterocycles. The summed E-state index contributed by atoms with van der Waals surface area (Å²) < 4.78 is 36.4. The first kappa shape index (κ1) is 29.1. The Morgan fingerprint density at radius 2 is 2.05 bits per heavy atom. The molecule has 0 bridgehead atoms. The van der Waals surface area contributed by atoms with Gasteiger partial charge in [-0.25, -0.2) is 9.36 Å². The highest BCUT2D eigenvalue weighted by atomic mass is 31.2. The summed E-state index contributed by atoms with van der Waals surface area (Å²) in [6, 6.07) is 9.07. The van der Waals surface area contributed by atoms with Gasteiger partial charge in [0, 0.05) is 11.1 Å². The largest absolute Gasteiger partial charge is 0.465 e. The number of azide groups is 1. The first-order valence-corrected chi connectivity index (χ1v) is 12.8. The Morgan fingerprint density at radius 1 is 1.37 bits per heavy atom. The molecular formula is C21H28N7O9P. The van der Waals surface area contributed by atoms with Gasteiger partial charge in [-0.1, -0.05) is 23.3 Å². The second kappa shape index (κ2) is 11.5. The summed E-state index contributed by atoms with van der Waals surface area (Å²) in [5.41, 5.74) is 9.78. The van der Waals surface area contributed by atoms with Crippen LogP contribution in [0, 0.1) is 0 Å². The fourth-order valence-corrected chi connectivity index (χ4v) is 5.19. The van der Waals surface area contributed by atoms with Crippen LogP contribution in [0.25, 0.3) is 10.4 Å². The van der Waals surface area contributed by atoms with E-state index >= 15 is 0 Å². The molecule has 16 nitrogen and oxygen atoms in total. The van der Waals surface area contributed by atoms with Crippen LogP contribution in [0.15, 0.2) is 52.5 Å². The van der Waals surface area contributed by atoms with E-state index in [1.54, 1.807) is 25.1 Å². The van der Waals surface area contributed by atoms with Gasteiger partial charge in [-0.2, -0.15) is 10.1 Å². The Labute approximate surface area is 216 Å². The van der Waals surface area contributed by atoms with Crippen molar-refractivity contribution in [3.8, 4) is 5.75 Å². The number of carbonyl (C=O) groups excluding carboxylic acids is 1. The van der Waals surface area contributed by atoms with Crippen molar-refractivity contribution < 1.29 is 38.1 Å². The minimum Gasteiger partial charge on any atom is -0.465 e. The summed E-state index contributed by atoms with van der Waals surface area (Å²) in [5.74, 6) is -0.780. The smallest absolute Gasteiger partial charge is 0.459 e. The number of carbonyl (C=O) groups is 1. The fourth-order valence-electron chi connectivity index (χ4n) is 3.50. The lowest BCUT2D eigenvalue weighted by molar-refractivity contribution is -0.149. The Balaban J connectivity index is 1.94. The van der Waals surface area contributed by atoms with Crippen LogP contribution in [-0.2, 0) is 23.4 Å². The van der Waals surface area contributed by atoms with Gasteiger partial charge in [0.1, 0.15) is 29.3 Å². The van der Waals surface area contributed by atoms with Gasteiger partial charge in [-0.3, -0.25) is 13.9 Å². The average Bonchev–Trinajstić information content (AvgIpc) is 3.09. The number of aromatic nitrogens is 2. The molecule has 0 spiro atoms. The van der Waals surface area contributed by atoms with Crippen LogP contribution in [0.3, 0.4) is 0 Å². The maximum Gasteiger partial charge on any atom is 0.459 e. The molecule has 0 amide bonds. The van der Waals surface area contributed by atoms with Crippen molar-refractivity contribution in [1.82, 2.24) is 14.6 Å². The molecule has 1 saturated heterocycles. The third-order valence-corrected chi connectivity index (χ3v) is 7.11. The summed E-state index contributed by atoms with van der Waals surface area (Å²) in [6.45, 7) is 3.45. The number of hydrogen-bond donors (Lipinski definition) is 4. The number of aliphatic hydroxyl groups excluding tert-OH is 2. The van der Waals surface area contributed by atoms with E-state index in [4.69, 9.17) is 24.3 Å². The predicted octanol–water partition coefficient (Wildman–Crippen LogP) is 1.22. The lowest BCUT2D eigenvalue weighted by Crippen LogP contribution is -2.49. The molecule has 5 N–H and O–H groups in total. The topological polar surface area (TPSA) is 233 Å². The molecule has 0 aliphatic carbocycles. The van der Waals surface area contributed by atoms with E-state index in [0.29, 0.717) is 0 Å². The van der Waals surface area contributed by atoms with Crippen molar-refractivity contribution in [2.45, 2.75) is 50.5 Å². The molecule has 2 aromatic rings. The van der Waals surface area contributed by atoms with E-state index in [9.17, 15) is 29.9 Å². The van der Waals surface area contributed by atoms with E-state index in [1.165, 1.54) is 32.0 Å². The molecule has 0 saturated carbocycles. The number of benzene rings is 1. The van der Waals surface area contributed by atoms with Gasteiger partial charge in [0.05, 0.1) is 13.2 Å². The van der Waals surface area contributed by atoms with Crippen molar-refractivity contribution in [3.05, 3.63) is 63.5 Å². The lowest BCUT2D eigenvalue weighted by Gasteiger charge is -2.32. The number of anilines is 1. The Morgan fingerprint density at radius 3 is 2.66 bits per heavy atom. The number of hydrogen-bond acceptors (Lipinski definition) is 12. The zero-order valence-corrected chi connectivity index (χ0v) is 21.6. The van der Waals surface area contributed by atoms with Gasteiger partial charge >= 0.3 is 19.4 Å². The molecule has 1 aliphatic heterocycles. The van der Waals surface area contributed by atoms with Gasteiger partial charge in [0.2, 0.25) is 5.72 Å². The highest BCUT2D eigenvalue weighted by Crippen LogP contribution is 2.49. The van der Waals surface area contributed by atoms with Crippen LogP contribution in [0.1, 0.15) is 27.0 Å². The first-order chi connectivity index (χ1) is 17.9. The van der Waals surface area contributed by atoms with Crippen LogP contribution in [-0.4, -0.2) is 62.4 Å². The van der Waals surface area contributed by atoms with E-state index in [0.717, 1.165) is 10.8 Å². The van der Waals surface area contributed by atoms with Crippen LogP contribution < -0.4 is 21.0 Å². The van der Waals surface area contributed by atoms with Crippen LogP contribution in [0.4, 0.5) is 5.82 Å². The van der Waals surface area contributed by atoms with Crippen molar-refractivity contribution >= 4 is 19.5 Å². The second-order valence-electron chi connectivity index (χ2n) is 8.65. The van der Waals surface area contributed by atoms with Crippen molar-refractivity contribution in [1.29, 1.82) is 0 Å². The maximum absolute atomic E-state index is 13.9. The number of ether oxygens (including phenoxy) is 2. The normalized spacial score (nSPS) is 24.7. The number of para-hydroxylation sites is 1. The minimum atomic E-state index is -4.52. The van der Waals surface area contributed by atoms with Crippen LogP contribution >= 0.6 is 7.75 Å². The molecule has 3 rings (SSSR count). The average molecular weight is 553 g/mol. The van der Waals surface area contributed by atoms with Gasteiger partial charge in [0.15, 0.2) is 6.23 Å². The molecule has 2 heterocycles. The summed E-state index contributed by atoms with van der Waals surface area (Å²) in [4.78, 5) is 30.9. The Bertz CT molecular complexity index is 1300. The standard InChI is InChI=1S/C21H28N7O9P/c1-4-34-18(31)20(2,3)26-38(33,37-13-8-6-5-7-9-13)35-12-21(25-27-23)16(30)15(29)17(36-21)28-11-10-14(22)24-19(28)32/h5-11,15-17,29-30H,4,12H2,1-3H3,(H,26,33)(H2,22,24,32)/t15-,16+,17-,21-,38?/m1/s1. The summed E-state index contributed by atoms with van der Waals surface area (Å²) in [7, 11) is -4.52. The fraction of sp³-hybridized carbons (Fsp3) is 0.476. The molecule has 1 fully saturated rings. The molecule has 5 atom stereocenters. The van der Waals surface area contributed by atoms with Crippen molar-refractivity contribution in [2.75, 3.05) is 18.9 Å². The first-order valence-electron chi connectivity index (χ1n) is 11.3. The molecular weight excluding hydrogens is 525 g/mol. The number of esters is 1. The number of aliphatic hydroxyl groups is 2. The summed E-state index contributed by atoms with van der Waals surface area (Å²) in [6.07, 6.45) is -4.20. The van der Waals surface area contributed by atoms with E-state index in [2.05, 4.69) is 20.1 Å². The number of nitrogens with zero attached hydrogens (tertiary/aromatic N) is 5. The summed E-state index contributed by atoms with van der Waals surface area (Å²) in [5, 5.41) is 27.4. The van der Waals surface area contributed by atoms with Gasteiger partial charge in [0.25, 0.3) is 0 Å². The zero-order valence-electron chi connectivity index (χ0n) is 20.7. The molecule has 38 heavy (non-hydrogen) atoms. The minimum absolute atomic E-state index is 0.0489. The Kier molecular flexibility index (Phi) is 8.79. The highest BCUT2D eigenvalue weighted by molar-refractivity contribution is 7.52. The van der Waals surface area contributed by atoms with Crippen LogP contribution in [0.2, 0.25) is 0 Å². The maximum atomic E-state index is 13.9. The van der Waals surface area contributed by atoms with Crippen molar-refractivity contribution in [3.63, 3.8) is 0 Å². The molecule has 206 valence electrons. The molecule has 0 radical (unpaired) electrons. The van der Waals surface area contributed by atoms with Crippen molar-refractivity contribution in [2.24, 2.45) is 5.11 Å². The van der Waals surface area contributed by atoms with Gasteiger partial charge < -0.3 is 29.9 Å². The zero-order chi connectivity index (χ0) is 28.1. The third-order valence-electron chi connectivity index (χ3n) is 5.35. The van der Waals surface area contributed by atoms with Gasteiger partial charge in [-0.15, -0.1) is 0 Å². The number of nitrogens with two attached hydrogens (primary N) is 1. The lowest BCUT2D eigenvalue weighted by atomic mass is 10.1. The predicted molar refractivity (Wildman–Crippen MR) is 131 cm³/mol. The van der Waals surface area contributed by atoms with Gasteiger partial charge in [-0.05, 0) is 44.5 Å². The summed E-state index contributed by atoms with van der Waals surface area (Å²) >= 11 is 0. The molecule has 1 aliphatic rings. The molecule has 1 aromatic carbocycles. The SMILES string of the molecule is CCOC(=O)C(C)(C)NP(=O)(OC[C@@]1(N=[N+]=[N-])O[C@@H](n2ccc(N)nc2=O)[C@H](O)[C@@H]1O)Oc1ccccc1. The number of nitrogens with one attached hydrogen (secondary N) is 1. The molecule has 1 unspecified atom stereocenters. The number of nitrogen functional groups attached to an aromatic ring is 1. The quantitative estimate of drug-likeness (QED) is 0.101. The van der Waals surface area contributed by atoms with E-state index < -0.39 is 55.7 Å². The second-order valence-corrected chi connectivity index (χ2v) is 10.3. The van der Waals surface area contributed by atoms with E-state index in [-0.39, 0.29) is 18.2 Å². The highest BCUT2D eigenvalue weighted by Gasteiger charge is 2.56.